The number of rotatable bonds is 15. The number of hydrogen-bond donors (Lipinski definition) is 0. The fourth-order valence-corrected chi connectivity index (χ4v) is 7.38. The van der Waals surface area contributed by atoms with Crippen molar-refractivity contribution in [2.75, 3.05) is 6.54 Å². The molecule has 5 aromatic rings. The minimum absolute atomic E-state index is 0.109. The first-order chi connectivity index (χ1) is 20.7. The molecule has 0 saturated heterocycles. The van der Waals surface area contributed by atoms with E-state index in [1.54, 1.807) is 0 Å². The zero-order valence-electron chi connectivity index (χ0n) is 25.6. The molecule has 0 saturated carbocycles. The van der Waals surface area contributed by atoms with Gasteiger partial charge < -0.3 is 0 Å². The maximum Gasteiger partial charge on any atom is 0.261 e. The maximum atomic E-state index is 14.1. The fourth-order valence-electron chi connectivity index (χ4n) is 7.38. The molecule has 1 heterocycles. The third-order valence-corrected chi connectivity index (χ3v) is 9.56. The molecular formula is C39H45NO2. The Morgan fingerprint density at radius 3 is 1.83 bits per heavy atom. The van der Waals surface area contributed by atoms with Crippen LogP contribution in [0.5, 0.6) is 0 Å². The van der Waals surface area contributed by atoms with E-state index in [-0.39, 0.29) is 11.8 Å². The number of hydrogen-bond acceptors (Lipinski definition) is 2. The van der Waals surface area contributed by atoms with E-state index in [1.807, 2.05) is 6.07 Å². The highest BCUT2D eigenvalue weighted by Crippen LogP contribution is 2.45. The first-order valence-corrected chi connectivity index (χ1v) is 16.7. The van der Waals surface area contributed by atoms with E-state index in [2.05, 4.69) is 62.4 Å². The number of benzene rings is 5. The number of amides is 2. The van der Waals surface area contributed by atoms with Crippen molar-refractivity contribution in [2.45, 2.75) is 104 Å². The van der Waals surface area contributed by atoms with Crippen molar-refractivity contribution in [3.05, 3.63) is 71.3 Å². The molecule has 1 aliphatic heterocycles. The fraction of sp³-hybridized carbons (Fsp3) is 0.436. The summed E-state index contributed by atoms with van der Waals surface area (Å²) < 4.78 is 0. The van der Waals surface area contributed by atoms with Crippen molar-refractivity contribution in [1.82, 2.24) is 4.90 Å². The van der Waals surface area contributed by atoms with Crippen LogP contribution in [0.4, 0.5) is 0 Å². The van der Waals surface area contributed by atoms with Crippen LogP contribution in [0, 0.1) is 0 Å². The summed E-state index contributed by atoms with van der Waals surface area (Å²) in [6, 6.07) is 19.4. The number of nitrogens with zero attached hydrogens (tertiary/aromatic N) is 1. The SMILES string of the molecule is CCCCCCCCCc1cc2c3c(ccc4c5cccc6cccc(c1c34)c65)C(=O)N(CCCCCCCC)C2=O. The molecule has 0 fully saturated rings. The van der Waals surface area contributed by atoms with Gasteiger partial charge in [-0.15, -0.1) is 0 Å². The lowest BCUT2D eigenvalue weighted by Crippen LogP contribution is -2.41. The zero-order valence-corrected chi connectivity index (χ0v) is 25.6. The predicted molar refractivity (Wildman–Crippen MR) is 178 cm³/mol. The van der Waals surface area contributed by atoms with Gasteiger partial charge in [-0.25, -0.2) is 0 Å². The summed E-state index contributed by atoms with van der Waals surface area (Å²) in [4.78, 5) is 29.5. The second-order valence-electron chi connectivity index (χ2n) is 12.5. The van der Waals surface area contributed by atoms with Crippen LogP contribution in [-0.4, -0.2) is 23.3 Å². The lowest BCUT2D eigenvalue weighted by molar-refractivity contribution is 0.0607. The van der Waals surface area contributed by atoms with E-state index in [1.165, 1.54) is 95.2 Å². The van der Waals surface area contributed by atoms with E-state index in [9.17, 15) is 9.59 Å². The van der Waals surface area contributed by atoms with Gasteiger partial charge in [-0.3, -0.25) is 14.5 Å². The lowest BCUT2D eigenvalue weighted by atomic mass is 9.82. The highest BCUT2D eigenvalue weighted by atomic mass is 16.2. The molecule has 0 N–H and O–H groups in total. The number of unbranched alkanes of at least 4 members (excludes halogenated alkanes) is 11. The monoisotopic (exact) mass is 559 g/mol. The van der Waals surface area contributed by atoms with Crippen LogP contribution in [0.2, 0.25) is 0 Å². The molecule has 3 heteroatoms. The van der Waals surface area contributed by atoms with Crippen molar-refractivity contribution < 1.29 is 9.59 Å². The Labute approximate surface area is 250 Å². The Kier molecular flexibility index (Phi) is 8.74. The molecule has 5 aromatic carbocycles. The Hall–Kier alpha value is -3.46. The normalized spacial score (nSPS) is 13.5. The molecule has 0 bridgehead atoms. The summed E-state index contributed by atoms with van der Waals surface area (Å²) in [6.45, 7) is 4.99. The number of fused-ring (bicyclic) bond motifs is 2. The van der Waals surface area contributed by atoms with Gasteiger partial charge in [0.05, 0.1) is 0 Å². The molecule has 42 heavy (non-hydrogen) atoms. The summed E-state index contributed by atoms with van der Waals surface area (Å²) >= 11 is 0. The maximum absolute atomic E-state index is 14.1. The minimum Gasteiger partial charge on any atom is -0.274 e. The Morgan fingerprint density at radius 2 is 1.12 bits per heavy atom. The van der Waals surface area contributed by atoms with Crippen LogP contribution in [-0.2, 0) is 6.42 Å². The molecule has 0 aromatic heterocycles. The first-order valence-electron chi connectivity index (χ1n) is 16.7. The van der Waals surface area contributed by atoms with Gasteiger partial charge in [0, 0.05) is 23.1 Å². The van der Waals surface area contributed by atoms with E-state index in [0.717, 1.165) is 53.8 Å². The Morgan fingerprint density at radius 1 is 0.524 bits per heavy atom. The standard InChI is InChI=1S/C39H45NO2/c1-3-5-7-9-11-12-14-18-28-26-33-36-32(38(41)40(39(33)42)25-15-13-10-8-6-4-2)24-23-30-29-21-16-19-27-20-17-22-31(34(27)29)35(28)37(30)36/h16-17,19-24,26H,3-15,18,25H2,1-2H3. The van der Waals surface area contributed by atoms with Crippen LogP contribution < -0.4 is 0 Å². The quantitative estimate of drug-likeness (QED) is 0.0553. The number of carbonyl (C=O) groups is 2. The molecule has 0 unspecified atom stereocenters. The van der Waals surface area contributed by atoms with Gasteiger partial charge >= 0.3 is 0 Å². The van der Waals surface area contributed by atoms with Crippen LogP contribution in [0.25, 0.3) is 43.1 Å². The minimum atomic E-state index is -0.129. The molecule has 2 amide bonds. The third-order valence-electron chi connectivity index (χ3n) is 9.56. The molecule has 218 valence electrons. The number of imide groups is 1. The highest BCUT2D eigenvalue weighted by molar-refractivity contribution is 6.38. The van der Waals surface area contributed by atoms with Gasteiger partial charge in [0.1, 0.15) is 0 Å². The average molecular weight is 560 g/mol. The number of aryl methyl sites for hydroxylation is 1. The van der Waals surface area contributed by atoms with E-state index >= 15 is 0 Å². The first kappa shape index (κ1) is 28.6. The van der Waals surface area contributed by atoms with Crippen molar-refractivity contribution in [3.63, 3.8) is 0 Å². The van der Waals surface area contributed by atoms with Crippen molar-refractivity contribution in [3.8, 4) is 0 Å². The van der Waals surface area contributed by atoms with Gasteiger partial charge in [-0.05, 0) is 74.7 Å². The topological polar surface area (TPSA) is 37.4 Å². The number of carbonyl (C=O) groups excluding carboxylic acids is 2. The second-order valence-corrected chi connectivity index (χ2v) is 12.5. The Bertz CT molecular complexity index is 1730. The molecule has 1 aliphatic rings. The molecule has 0 radical (unpaired) electrons. The van der Waals surface area contributed by atoms with Crippen molar-refractivity contribution >= 4 is 54.9 Å². The molecular weight excluding hydrogens is 514 g/mol. The molecule has 0 atom stereocenters. The second kappa shape index (κ2) is 12.8. The largest absolute Gasteiger partial charge is 0.274 e. The van der Waals surface area contributed by atoms with E-state index in [4.69, 9.17) is 0 Å². The van der Waals surface area contributed by atoms with Crippen molar-refractivity contribution in [2.24, 2.45) is 0 Å². The van der Waals surface area contributed by atoms with Crippen LogP contribution in [0.3, 0.4) is 0 Å². The lowest BCUT2D eigenvalue weighted by Gasteiger charge is -2.29. The third kappa shape index (κ3) is 5.16. The summed E-state index contributed by atoms with van der Waals surface area (Å²) in [5, 5.41) is 9.34. The molecule has 3 nitrogen and oxygen atoms in total. The predicted octanol–water partition coefficient (Wildman–Crippen LogP) is 11.0. The van der Waals surface area contributed by atoms with Gasteiger partial charge in [-0.1, -0.05) is 127 Å². The van der Waals surface area contributed by atoms with Gasteiger partial charge in [-0.2, -0.15) is 0 Å². The van der Waals surface area contributed by atoms with Crippen LogP contribution in [0.15, 0.2) is 54.6 Å². The molecule has 0 aliphatic carbocycles. The van der Waals surface area contributed by atoms with E-state index < -0.39 is 0 Å². The summed E-state index contributed by atoms with van der Waals surface area (Å²) in [5.41, 5.74) is 2.67. The van der Waals surface area contributed by atoms with Crippen LogP contribution in [0.1, 0.15) is 124 Å². The smallest absolute Gasteiger partial charge is 0.261 e. The molecule has 6 rings (SSSR count). The van der Waals surface area contributed by atoms with Gasteiger partial charge in [0.15, 0.2) is 0 Å². The Balaban J connectivity index is 1.44. The molecule has 0 spiro atoms. The highest BCUT2D eigenvalue weighted by Gasteiger charge is 2.34. The van der Waals surface area contributed by atoms with Gasteiger partial charge in [0.2, 0.25) is 0 Å². The van der Waals surface area contributed by atoms with E-state index in [0.29, 0.717) is 12.1 Å². The zero-order chi connectivity index (χ0) is 29.1. The summed E-state index contributed by atoms with van der Waals surface area (Å²) in [5.74, 6) is -0.238. The summed E-state index contributed by atoms with van der Waals surface area (Å²) in [6.07, 6.45) is 16.5. The van der Waals surface area contributed by atoms with Crippen LogP contribution >= 0.6 is 0 Å². The average Bonchev–Trinajstić information content (AvgIpc) is 3.01. The van der Waals surface area contributed by atoms with Gasteiger partial charge in [0.25, 0.3) is 11.8 Å². The summed E-state index contributed by atoms with van der Waals surface area (Å²) in [7, 11) is 0. The van der Waals surface area contributed by atoms with Crippen molar-refractivity contribution in [1.29, 1.82) is 0 Å².